The number of aromatic nitrogens is 4. The van der Waals surface area contributed by atoms with Gasteiger partial charge in [-0.1, -0.05) is 12.1 Å². The Bertz CT molecular complexity index is 3120. The Morgan fingerprint density at radius 2 is 1.06 bits per heavy atom. The molecule has 4 amide bonds. The number of urea groups is 2. The third kappa shape index (κ3) is 12.0. The second kappa shape index (κ2) is 24.5. The quantitative estimate of drug-likeness (QED) is 0.0784. The minimum atomic E-state index is -0.550. The number of likely N-dealkylation sites (tertiary alicyclic amines) is 1. The maximum Gasteiger partial charge on any atom is 0.345 e. The van der Waals surface area contributed by atoms with E-state index < -0.39 is 12.1 Å². The van der Waals surface area contributed by atoms with Crippen LogP contribution < -0.4 is 45.6 Å². The molecular formula is C63H79N15O4. The number of anilines is 9. The molecule has 3 N–H and O–H groups in total. The van der Waals surface area contributed by atoms with Crippen LogP contribution in [0.2, 0.25) is 0 Å². The van der Waals surface area contributed by atoms with Crippen LogP contribution in [0, 0.1) is 0 Å². The van der Waals surface area contributed by atoms with E-state index in [-0.39, 0.29) is 30.2 Å². The van der Waals surface area contributed by atoms with Gasteiger partial charge in [-0.05, 0) is 177 Å². The van der Waals surface area contributed by atoms with Gasteiger partial charge >= 0.3 is 12.1 Å². The van der Waals surface area contributed by atoms with Gasteiger partial charge in [-0.25, -0.2) is 29.5 Å². The number of morpholine rings is 2. The molecule has 4 aromatic carbocycles. The molecule has 8 heterocycles. The summed E-state index contributed by atoms with van der Waals surface area (Å²) in [7, 11) is 2.15. The largest absolute Gasteiger partial charge is 0.377 e. The maximum atomic E-state index is 15.5. The van der Waals surface area contributed by atoms with E-state index in [2.05, 4.69) is 98.3 Å². The Labute approximate surface area is 482 Å². The summed E-state index contributed by atoms with van der Waals surface area (Å²) in [5.41, 5.74) is 5.81. The number of fused-ring (bicyclic) bond motifs is 4. The van der Waals surface area contributed by atoms with Gasteiger partial charge in [0.1, 0.15) is 23.3 Å². The highest BCUT2D eigenvalue weighted by atomic mass is 16.5. The van der Waals surface area contributed by atoms with Crippen LogP contribution in [0.4, 0.5) is 61.3 Å². The first-order chi connectivity index (χ1) is 40.0. The molecule has 82 heavy (non-hydrogen) atoms. The molecule has 4 atom stereocenters. The molecule has 0 aliphatic carbocycles. The highest BCUT2D eigenvalue weighted by Gasteiger charge is 2.40. The summed E-state index contributed by atoms with van der Waals surface area (Å²) in [6.45, 7) is 19.5. The molecule has 0 spiro atoms. The van der Waals surface area contributed by atoms with Gasteiger partial charge in [-0.3, -0.25) is 4.90 Å². The first kappa shape index (κ1) is 55.0. The van der Waals surface area contributed by atoms with Crippen molar-refractivity contribution in [2.45, 2.75) is 103 Å². The summed E-state index contributed by atoms with van der Waals surface area (Å²) in [6, 6.07) is 35.3. The fourth-order valence-corrected chi connectivity index (χ4v) is 12.7. The molecule has 19 nitrogen and oxygen atoms in total. The number of nitrogens with one attached hydrogen (secondary N) is 3. The van der Waals surface area contributed by atoms with Crippen molar-refractivity contribution in [2.75, 3.05) is 131 Å². The first-order valence-electron chi connectivity index (χ1n) is 29.8. The number of benzene rings is 4. The van der Waals surface area contributed by atoms with Gasteiger partial charge in [0.2, 0.25) is 0 Å². The lowest BCUT2D eigenvalue weighted by atomic mass is 10.1. The van der Waals surface area contributed by atoms with Crippen LogP contribution >= 0.6 is 0 Å². The van der Waals surface area contributed by atoms with Gasteiger partial charge in [-0.2, -0.15) is 10.0 Å². The third-order valence-electron chi connectivity index (χ3n) is 17.1. The maximum absolute atomic E-state index is 15.5. The highest BCUT2D eigenvalue weighted by molar-refractivity contribution is 6.13. The molecular weight excluding hydrogens is 1030 g/mol. The topological polar surface area (TPSA) is 166 Å². The van der Waals surface area contributed by atoms with Crippen LogP contribution in [-0.2, 0) is 16.0 Å². The molecule has 12 rings (SSSR count). The molecule has 4 unspecified atom stereocenters. The van der Waals surface area contributed by atoms with E-state index in [1.807, 2.05) is 91.0 Å². The number of nitrogens with zero attached hydrogens (tertiary/aromatic N) is 12. The number of hydrogen-bond acceptors (Lipinski definition) is 15. The molecule has 0 saturated carbocycles. The number of piperazine rings is 1. The van der Waals surface area contributed by atoms with Gasteiger partial charge in [-0.15, -0.1) is 0 Å². The Morgan fingerprint density at radius 1 is 0.585 bits per heavy atom. The number of rotatable bonds is 16. The second-order valence-electron chi connectivity index (χ2n) is 23.1. The van der Waals surface area contributed by atoms with Crippen LogP contribution in [0.1, 0.15) is 71.8 Å². The minimum Gasteiger partial charge on any atom is -0.377 e. The van der Waals surface area contributed by atoms with Gasteiger partial charge in [0.15, 0.2) is 11.6 Å². The minimum absolute atomic E-state index is 0.140. The summed E-state index contributed by atoms with van der Waals surface area (Å²) in [4.78, 5) is 65.8. The SMILES string of the molecule is CCN(CC)c1cc(N2C3CCC2COC3)nc(-c2ccc(N(C(=O)Nc3ccc(N4CCN(C)CC4)cc3)N(C(=O)Nc3ccc(CN4CCCC4)cc3)c3ccc(-c4nc(NC(C)C)cc(N5C6CCC5COC6)n4)cc3)cc2)n1. The van der Waals surface area contributed by atoms with Crippen molar-refractivity contribution in [3.05, 3.63) is 115 Å². The lowest BCUT2D eigenvalue weighted by Crippen LogP contribution is -2.53. The summed E-state index contributed by atoms with van der Waals surface area (Å²) >= 11 is 0. The van der Waals surface area contributed by atoms with Crippen LogP contribution in [0.25, 0.3) is 22.8 Å². The summed E-state index contributed by atoms with van der Waals surface area (Å²) < 4.78 is 12.0. The fraction of sp³-hybridized carbons (Fsp3) is 0.460. The van der Waals surface area contributed by atoms with E-state index in [0.717, 1.165) is 125 Å². The number of hydrogen-bond donors (Lipinski definition) is 3. The van der Waals surface area contributed by atoms with E-state index >= 15 is 9.59 Å². The lowest BCUT2D eigenvalue weighted by molar-refractivity contribution is 0.0902. The summed E-state index contributed by atoms with van der Waals surface area (Å²) in [6.07, 6.45) is 6.63. The number of ether oxygens (including phenoxy) is 2. The van der Waals surface area contributed by atoms with Crippen molar-refractivity contribution in [2.24, 2.45) is 0 Å². The summed E-state index contributed by atoms with van der Waals surface area (Å²) in [5.74, 6) is 4.45. The van der Waals surface area contributed by atoms with E-state index in [9.17, 15) is 0 Å². The van der Waals surface area contributed by atoms with E-state index in [1.54, 1.807) is 0 Å². The van der Waals surface area contributed by atoms with E-state index in [1.165, 1.54) is 28.4 Å². The first-order valence-corrected chi connectivity index (χ1v) is 29.8. The number of carbonyl (C=O) groups excluding carboxylic acids is 2. The van der Waals surface area contributed by atoms with Gasteiger partial charge < -0.3 is 49.9 Å². The zero-order chi connectivity index (χ0) is 56.3. The van der Waals surface area contributed by atoms with Gasteiger partial charge in [0.25, 0.3) is 0 Å². The Hall–Kier alpha value is -7.58. The number of amides is 4. The predicted octanol–water partition coefficient (Wildman–Crippen LogP) is 10.0. The predicted molar refractivity (Wildman–Crippen MR) is 328 cm³/mol. The van der Waals surface area contributed by atoms with Crippen molar-refractivity contribution in [1.29, 1.82) is 0 Å². The standard InChI is InChI=1S/C63H79N15O4/c1-6-73(7-2)57-37-59(76-54-28-29-55(76)42-82-41-54)70-61(68-57)46-14-22-51(23-15-46)78(63(80)66-48-18-24-49(25-19-48)74-34-32-71(5)33-35-74)77(62(79)65-47-16-10-44(11-17-47)38-72-30-8-9-31-72)50-20-12-45(13-21-50)60-67-56(64-43(3)4)36-58(69-60)75-52-26-27-53(75)40-81-39-52/h10-25,36-37,43,52-55H,6-9,26-35,38-42H2,1-5H3,(H,65,79)(H,66,80)(H,64,67,69). The van der Waals surface area contributed by atoms with Gasteiger partial charge in [0, 0.05) is 92.2 Å². The molecule has 4 bridgehead atoms. The smallest absolute Gasteiger partial charge is 0.345 e. The van der Waals surface area contributed by atoms with E-state index in [4.69, 9.17) is 29.4 Å². The van der Waals surface area contributed by atoms with Crippen molar-refractivity contribution in [3.63, 3.8) is 0 Å². The van der Waals surface area contributed by atoms with E-state index in [0.29, 0.717) is 60.8 Å². The average molecular weight is 1110 g/mol. The van der Waals surface area contributed by atoms with Crippen molar-refractivity contribution >= 4 is 63.8 Å². The lowest BCUT2D eigenvalue weighted by Gasteiger charge is -2.36. The Kier molecular flexibility index (Phi) is 16.4. The molecule has 6 aliphatic heterocycles. The van der Waals surface area contributed by atoms with Crippen molar-refractivity contribution < 1.29 is 19.1 Å². The molecule has 6 saturated heterocycles. The zero-order valence-electron chi connectivity index (χ0n) is 48.2. The molecule has 430 valence electrons. The van der Waals surface area contributed by atoms with Crippen LogP contribution in [-0.4, -0.2) is 158 Å². The molecule has 0 radical (unpaired) electrons. The molecule has 2 aromatic heterocycles. The number of carbonyl (C=O) groups is 2. The fourth-order valence-electron chi connectivity index (χ4n) is 12.7. The molecule has 6 fully saturated rings. The molecule has 6 aliphatic rings. The number of likely N-dealkylation sites (N-methyl/N-ethyl adjacent to an activating group) is 1. The highest BCUT2D eigenvalue weighted by Crippen LogP contribution is 2.38. The van der Waals surface area contributed by atoms with Crippen LogP contribution in [0.3, 0.4) is 0 Å². The van der Waals surface area contributed by atoms with Crippen molar-refractivity contribution in [1.82, 2.24) is 29.7 Å². The summed E-state index contributed by atoms with van der Waals surface area (Å²) in [5, 5.41) is 12.7. The Balaban J connectivity index is 0.928. The number of hydrazine groups is 1. The van der Waals surface area contributed by atoms with Gasteiger partial charge in [0.05, 0.1) is 62.0 Å². The van der Waals surface area contributed by atoms with Crippen LogP contribution in [0.5, 0.6) is 0 Å². The van der Waals surface area contributed by atoms with Crippen LogP contribution in [0.15, 0.2) is 109 Å². The molecule has 6 aromatic rings. The molecule has 19 heteroatoms. The normalized spacial score (nSPS) is 20.8. The van der Waals surface area contributed by atoms with Crippen molar-refractivity contribution in [3.8, 4) is 22.8 Å². The Morgan fingerprint density at radius 3 is 1.55 bits per heavy atom. The second-order valence-corrected chi connectivity index (χ2v) is 23.1. The third-order valence-corrected chi connectivity index (χ3v) is 17.1. The average Bonchev–Trinajstić information content (AvgIpc) is 4.25. The monoisotopic (exact) mass is 1110 g/mol. The zero-order valence-corrected chi connectivity index (χ0v) is 48.2.